The first-order valence-corrected chi connectivity index (χ1v) is 4.94. The van der Waals surface area contributed by atoms with E-state index in [0.29, 0.717) is 0 Å². The molecular formula is C11H17Cl2N. The maximum atomic E-state index is 6.05. The molecule has 1 unspecified atom stereocenters. The standard InChI is InChI=1S/C11H16ClN.ClH/c1-3-11(2,13)8-9-4-6-10(12)7-5-9;/h4-7H,3,8,13H2,1-2H3;1H. The largest absolute Gasteiger partial charge is 0.325 e. The minimum Gasteiger partial charge on any atom is -0.325 e. The first-order valence-electron chi connectivity index (χ1n) is 4.57. The molecule has 0 amide bonds. The van der Waals surface area contributed by atoms with Crippen LogP contribution in [0.4, 0.5) is 0 Å². The van der Waals surface area contributed by atoms with Crippen LogP contribution >= 0.6 is 24.0 Å². The lowest BCUT2D eigenvalue weighted by Gasteiger charge is -2.22. The van der Waals surface area contributed by atoms with Gasteiger partial charge in [0.05, 0.1) is 0 Å². The molecule has 0 spiro atoms. The van der Waals surface area contributed by atoms with Gasteiger partial charge in [0.2, 0.25) is 0 Å². The quantitative estimate of drug-likeness (QED) is 0.851. The molecule has 1 atom stereocenters. The molecule has 0 radical (unpaired) electrons. The van der Waals surface area contributed by atoms with Crippen molar-refractivity contribution >= 4 is 24.0 Å². The van der Waals surface area contributed by atoms with Crippen molar-refractivity contribution in [3.8, 4) is 0 Å². The average Bonchev–Trinajstić information content (AvgIpc) is 2.09. The lowest BCUT2D eigenvalue weighted by molar-refractivity contribution is 0.450. The third-order valence-corrected chi connectivity index (χ3v) is 2.58. The fourth-order valence-electron chi connectivity index (χ4n) is 1.19. The van der Waals surface area contributed by atoms with Gasteiger partial charge in [-0.1, -0.05) is 30.7 Å². The lowest BCUT2D eigenvalue weighted by Crippen LogP contribution is -2.37. The van der Waals surface area contributed by atoms with Crippen LogP contribution < -0.4 is 5.73 Å². The average molecular weight is 234 g/mol. The molecule has 0 aliphatic carbocycles. The van der Waals surface area contributed by atoms with Crippen molar-refractivity contribution < 1.29 is 0 Å². The highest BCUT2D eigenvalue weighted by Gasteiger charge is 2.15. The zero-order valence-electron chi connectivity index (χ0n) is 8.59. The summed E-state index contributed by atoms with van der Waals surface area (Å²) in [5.74, 6) is 0. The molecule has 1 aromatic rings. The van der Waals surface area contributed by atoms with Crippen molar-refractivity contribution in [3.05, 3.63) is 34.9 Å². The zero-order valence-corrected chi connectivity index (χ0v) is 10.2. The molecule has 1 rings (SSSR count). The highest BCUT2D eigenvalue weighted by molar-refractivity contribution is 6.30. The highest BCUT2D eigenvalue weighted by Crippen LogP contribution is 2.16. The number of hydrogen-bond donors (Lipinski definition) is 1. The molecule has 0 saturated heterocycles. The van der Waals surface area contributed by atoms with E-state index in [1.54, 1.807) is 0 Å². The first kappa shape index (κ1) is 13.8. The molecule has 0 saturated carbocycles. The molecule has 0 aliphatic rings. The zero-order chi connectivity index (χ0) is 9.90. The molecule has 0 heterocycles. The molecule has 3 heteroatoms. The van der Waals surface area contributed by atoms with Crippen LogP contribution in [0.15, 0.2) is 24.3 Å². The number of rotatable bonds is 3. The first-order chi connectivity index (χ1) is 6.03. The molecule has 0 fully saturated rings. The van der Waals surface area contributed by atoms with Gasteiger partial charge < -0.3 is 5.73 Å². The van der Waals surface area contributed by atoms with Crippen molar-refractivity contribution in [1.82, 2.24) is 0 Å². The van der Waals surface area contributed by atoms with Gasteiger partial charge in [-0.3, -0.25) is 0 Å². The Morgan fingerprint density at radius 3 is 2.21 bits per heavy atom. The molecule has 80 valence electrons. The maximum Gasteiger partial charge on any atom is 0.0406 e. The van der Waals surface area contributed by atoms with Crippen LogP contribution in [0.5, 0.6) is 0 Å². The van der Waals surface area contributed by atoms with Crippen molar-refractivity contribution in [3.63, 3.8) is 0 Å². The Bertz CT molecular complexity index is 267. The van der Waals surface area contributed by atoms with Crippen LogP contribution in [-0.2, 0) is 6.42 Å². The van der Waals surface area contributed by atoms with Crippen LogP contribution in [0.3, 0.4) is 0 Å². The molecular weight excluding hydrogens is 217 g/mol. The summed E-state index contributed by atoms with van der Waals surface area (Å²) in [6.07, 6.45) is 1.89. The van der Waals surface area contributed by atoms with Gasteiger partial charge in [-0.25, -0.2) is 0 Å². The summed E-state index contributed by atoms with van der Waals surface area (Å²) in [6, 6.07) is 7.87. The smallest absolute Gasteiger partial charge is 0.0406 e. The predicted octanol–water partition coefficient (Wildman–Crippen LogP) is 3.43. The summed E-state index contributed by atoms with van der Waals surface area (Å²) in [4.78, 5) is 0. The third kappa shape index (κ3) is 4.32. The summed E-state index contributed by atoms with van der Waals surface area (Å²) in [5.41, 5.74) is 7.20. The van der Waals surface area contributed by atoms with Crippen molar-refractivity contribution in [2.45, 2.75) is 32.2 Å². The van der Waals surface area contributed by atoms with Crippen LogP contribution in [-0.4, -0.2) is 5.54 Å². The van der Waals surface area contributed by atoms with Gasteiger partial charge in [0, 0.05) is 10.6 Å². The second kappa shape index (κ2) is 5.59. The molecule has 2 N–H and O–H groups in total. The lowest BCUT2D eigenvalue weighted by atomic mass is 9.92. The van der Waals surface area contributed by atoms with Gasteiger partial charge in [-0.2, -0.15) is 0 Å². The summed E-state index contributed by atoms with van der Waals surface area (Å²) in [5, 5.41) is 0.777. The van der Waals surface area contributed by atoms with Gasteiger partial charge in [-0.05, 0) is 37.5 Å². The number of nitrogens with two attached hydrogens (primary N) is 1. The van der Waals surface area contributed by atoms with Crippen LogP contribution in [0, 0.1) is 0 Å². The van der Waals surface area contributed by atoms with E-state index in [0.717, 1.165) is 17.9 Å². The van der Waals surface area contributed by atoms with Crippen molar-refractivity contribution in [2.24, 2.45) is 5.73 Å². The monoisotopic (exact) mass is 233 g/mol. The van der Waals surface area contributed by atoms with Crippen LogP contribution in [0.25, 0.3) is 0 Å². The number of benzene rings is 1. The topological polar surface area (TPSA) is 26.0 Å². The van der Waals surface area contributed by atoms with E-state index in [-0.39, 0.29) is 17.9 Å². The Labute approximate surface area is 97.1 Å². The SMILES string of the molecule is CCC(C)(N)Cc1ccc(Cl)cc1.Cl. The Hall–Kier alpha value is -0.240. The van der Waals surface area contributed by atoms with Gasteiger partial charge in [0.25, 0.3) is 0 Å². The van der Waals surface area contributed by atoms with Gasteiger partial charge in [0.15, 0.2) is 0 Å². The summed E-state index contributed by atoms with van der Waals surface area (Å²) < 4.78 is 0. The minimum absolute atomic E-state index is 0. The van der Waals surface area contributed by atoms with E-state index in [1.807, 2.05) is 24.3 Å². The van der Waals surface area contributed by atoms with Gasteiger partial charge >= 0.3 is 0 Å². The Morgan fingerprint density at radius 1 is 1.29 bits per heavy atom. The molecule has 14 heavy (non-hydrogen) atoms. The van der Waals surface area contributed by atoms with Crippen molar-refractivity contribution in [2.75, 3.05) is 0 Å². The molecule has 0 aliphatic heterocycles. The molecule has 0 bridgehead atoms. The van der Waals surface area contributed by atoms with Gasteiger partial charge in [-0.15, -0.1) is 12.4 Å². The van der Waals surface area contributed by atoms with E-state index >= 15 is 0 Å². The Kier molecular flexibility index (Phi) is 5.50. The fraction of sp³-hybridized carbons (Fsp3) is 0.455. The molecule has 1 nitrogen and oxygen atoms in total. The summed E-state index contributed by atoms with van der Waals surface area (Å²) in [6.45, 7) is 4.18. The van der Waals surface area contributed by atoms with E-state index in [4.69, 9.17) is 17.3 Å². The van der Waals surface area contributed by atoms with Crippen molar-refractivity contribution in [1.29, 1.82) is 0 Å². The second-order valence-electron chi connectivity index (χ2n) is 3.81. The normalized spacial score (nSPS) is 14.3. The fourth-order valence-corrected chi connectivity index (χ4v) is 1.32. The Balaban J connectivity index is 0.00000169. The van der Waals surface area contributed by atoms with E-state index < -0.39 is 0 Å². The van der Waals surface area contributed by atoms with E-state index in [2.05, 4.69) is 13.8 Å². The summed E-state index contributed by atoms with van der Waals surface area (Å²) >= 11 is 5.79. The molecule has 1 aromatic carbocycles. The molecule has 0 aromatic heterocycles. The second-order valence-corrected chi connectivity index (χ2v) is 4.25. The summed E-state index contributed by atoms with van der Waals surface area (Å²) in [7, 11) is 0. The number of halogens is 2. The third-order valence-electron chi connectivity index (χ3n) is 2.33. The van der Waals surface area contributed by atoms with E-state index in [9.17, 15) is 0 Å². The van der Waals surface area contributed by atoms with Crippen LogP contribution in [0.2, 0.25) is 5.02 Å². The Morgan fingerprint density at radius 2 is 1.79 bits per heavy atom. The van der Waals surface area contributed by atoms with E-state index in [1.165, 1.54) is 5.56 Å². The highest BCUT2D eigenvalue weighted by atomic mass is 35.5. The van der Waals surface area contributed by atoms with Crippen LogP contribution in [0.1, 0.15) is 25.8 Å². The maximum absolute atomic E-state index is 6.05. The minimum atomic E-state index is -0.103. The number of hydrogen-bond acceptors (Lipinski definition) is 1. The predicted molar refractivity (Wildman–Crippen MR) is 65.3 cm³/mol. The van der Waals surface area contributed by atoms with Gasteiger partial charge in [0.1, 0.15) is 0 Å².